The molecule has 0 atom stereocenters. The number of aliphatic imine (C=N–C) groups is 1. The number of para-hydroxylation sites is 1. The fraction of sp³-hybridized carbons (Fsp3) is 0.200. The zero-order chi connectivity index (χ0) is 19.0. The number of benzene rings is 2. The summed E-state index contributed by atoms with van der Waals surface area (Å²) in [6, 6.07) is 15.7. The van der Waals surface area contributed by atoms with Crippen LogP contribution in [0.15, 0.2) is 68.4 Å². The Morgan fingerprint density at radius 3 is 2.59 bits per heavy atom. The number of rotatable bonds is 3. The number of hydrogen-bond acceptors (Lipinski definition) is 6. The summed E-state index contributed by atoms with van der Waals surface area (Å²) in [5, 5.41) is 1.66. The molecule has 138 valence electrons. The molecule has 1 amide bonds. The molecule has 1 fully saturated rings. The lowest BCUT2D eigenvalue weighted by molar-refractivity contribution is -0.122. The minimum Gasteiger partial charge on any atom is -0.497 e. The highest BCUT2D eigenvalue weighted by molar-refractivity contribution is 8.19. The Balaban J connectivity index is 1.72. The summed E-state index contributed by atoms with van der Waals surface area (Å²) in [4.78, 5) is 23.4. The van der Waals surface area contributed by atoms with Crippen molar-refractivity contribution in [3.05, 3.63) is 58.5 Å². The number of fused-ring (bicyclic) bond motifs is 1. The molecule has 0 saturated carbocycles. The van der Waals surface area contributed by atoms with Crippen molar-refractivity contribution in [3.63, 3.8) is 0 Å². The molecule has 0 aromatic heterocycles. The van der Waals surface area contributed by atoms with E-state index in [4.69, 9.17) is 4.74 Å². The third kappa shape index (κ3) is 3.21. The van der Waals surface area contributed by atoms with Gasteiger partial charge in [-0.05, 0) is 43.0 Å². The van der Waals surface area contributed by atoms with E-state index < -0.39 is 0 Å². The molecule has 2 aliphatic heterocycles. The van der Waals surface area contributed by atoms with E-state index in [-0.39, 0.29) is 5.91 Å². The highest BCUT2D eigenvalue weighted by Crippen LogP contribution is 2.50. The fourth-order valence-corrected chi connectivity index (χ4v) is 5.35. The second-order valence-corrected chi connectivity index (χ2v) is 8.02. The van der Waals surface area contributed by atoms with Crippen LogP contribution in [0.5, 0.6) is 5.75 Å². The molecular formula is C20H19N3O2S2. The second kappa shape index (κ2) is 7.32. The number of hydrogen-bond donors (Lipinski definition) is 0. The van der Waals surface area contributed by atoms with Crippen LogP contribution in [0.2, 0.25) is 0 Å². The lowest BCUT2D eigenvalue weighted by Gasteiger charge is -2.15. The lowest BCUT2D eigenvalue weighted by atomic mass is 10.3. The number of ether oxygens (including phenoxy) is 1. The number of amides is 1. The number of methoxy groups -OCH3 is 1. The Bertz CT molecular complexity index is 957. The highest BCUT2D eigenvalue weighted by Gasteiger charge is 2.38. The van der Waals surface area contributed by atoms with Gasteiger partial charge in [-0.1, -0.05) is 30.0 Å². The maximum absolute atomic E-state index is 13.0. The summed E-state index contributed by atoms with van der Waals surface area (Å²) >= 11 is 3.05. The van der Waals surface area contributed by atoms with Crippen molar-refractivity contribution in [2.24, 2.45) is 4.99 Å². The van der Waals surface area contributed by atoms with Gasteiger partial charge < -0.3 is 9.64 Å². The Labute approximate surface area is 167 Å². The summed E-state index contributed by atoms with van der Waals surface area (Å²) in [6.45, 7) is 2.56. The number of likely N-dealkylation sites (N-methyl/N-ethyl adjacent to an activating group) is 1. The number of anilines is 1. The molecule has 0 unspecified atom stereocenters. The first-order chi connectivity index (χ1) is 13.1. The van der Waals surface area contributed by atoms with E-state index in [1.54, 1.807) is 23.8 Å². The smallest absolute Gasteiger partial charge is 0.269 e. The monoisotopic (exact) mass is 397 g/mol. The predicted octanol–water partition coefficient (Wildman–Crippen LogP) is 4.69. The summed E-state index contributed by atoms with van der Waals surface area (Å²) in [7, 11) is 3.64. The van der Waals surface area contributed by atoms with Crippen LogP contribution >= 0.6 is 23.5 Å². The number of carbonyl (C=O) groups excluding carboxylic acids is 1. The molecule has 2 aromatic rings. The van der Waals surface area contributed by atoms with Gasteiger partial charge in [0.15, 0.2) is 5.17 Å². The SMILES string of the molecule is CCN1C(=O)/C(=C2\Sc3ccc(OC)cc3N2C)SC1=Nc1ccccc1. The first-order valence-corrected chi connectivity index (χ1v) is 10.2. The maximum Gasteiger partial charge on any atom is 0.269 e. The molecule has 2 aliphatic rings. The van der Waals surface area contributed by atoms with E-state index in [9.17, 15) is 4.79 Å². The second-order valence-electron chi connectivity index (χ2n) is 6.01. The van der Waals surface area contributed by atoms with Crippen LogP contribution in [0.25, 0.3) is 0 Å². The first kappa shape index (κ1) is 18.0. The van der Waals surface area contributed by atoms with Gasteiger partial charge in [0, 0.05) is 24.6 Å². The van der Waals surface area contributed by atoms with Crippen molar-refractivity contribution in [3.8, 4) is 5.75 Å². The number of nitrogens with zero attached hydrogens (tertiary/aromatic N) is 3. The molecular weight excluding hydrogens is 378 g/mol. The number of thioether (sulfide) groups is 2. The van der Waals surface area contributed by atoms with Crippen molar-refractivity contribution >= 4 is 46.0 Å². The van der Waals surface area contributed by atoms with Crippen molar-refractivity contribution in [2.75, 3.05) is 25.6 Å². The van der Waals surface area contributed by atoms with E-state index in [1.165, 1.54) is 11.8 Å². The van der Waals surface area contributed by atoms with Crippen LogP contribution in [0.4, 0.5) is 11.4 Å². The van der Waals surface area contributed by atoms with Gasteiger partial charge in [-0.15, -0.1) is 0 Å². The first-order valence-electron chi connectivity index (χ1n) is 8.59. The molecule has 5 nitrogen and oxygen atoms in total. The van der Waals surface area contributed by atoms with Crippen LogP contribution in [0, 0.1) is 0 Å². The molecule has 1 saturated heterocycles. The molecule has 4 rings (SSSR count). The Morgan fingerprint density at radius 2 is 1.89 bits per heavy atom. The van der Waals surface area contributed by atoms with E-state index in [0.717, 1.165) is 32.2 Å². The van der Waals surface area contributed by atoms with Gasteiger partial charge in [0.2, 0.25) is 0 Å². The average molecular weight is 398 g/mol. The largest absolute Gasteiger partial charge is 0.497 e. The van der Waals surface area contributed by atoms with Crippen molar-refractivity contribution in [2.45, 2.75) is 11.8 Å². The Kier molecular flexibility index (Phi) is 4.88. The van der Waals surface area contributed by atoms with Gasteiger partial charge >= 0.3 is 0 Å². The van der Waals surface area contributed by atoms with E-state index in [1.807, 2.05) is 62.5 Å². The van der Waals surface area contributed by atoms with Gasteiger partial charge in [0.25, 0.3) is 5.91 Å². The lowest BCUT2D eigenvalue weighted by Crippen LogP contribution is -2.29. The summed E-state index contributed by atoms with van der Waals surface area (Å²) in [6.07, 6.45) is 0. The molecule has 7 heteroatoms. The van der Waals surface area contributed by atoms with Gasteiger partial charge in [-0.3, -0.25) is 9.69 Å². The molecule has 0 bridgehead atoms. The van der Waals surface area contributed by atoms with Crippen LogP contribution in [0.3, 0.4) is 0 Å². The third-order valence-corrected chi connectivity index (χ3v) is 6.83. The van der Waals surface area contributed by atoms with Crippen LogP contribution < -0.4 is 9.64 Å². The van der Waals surface area contributed by atoms with Crippen molar-refractivity contribution in [1.29, 1.82) is 0 Å². The van der Waals surface area contributed by atoms with Gasteiger partial charge in [0.1, 0.15) is 10.7 Å². The van der Waals surface area contributed by atoms with E-state index in [0.29, 0.717) is 11.4 Å². The minimum absolute atomic E-state index is 0.00584. The zero-order valence-corrected chi connectivity index (χ0v) is 16.9. The average Bonchev–Trinajstić information content (AvgIpc) is 3.18. The molecule has 2 aromatic carbocycles. The van der Waals surface area contributed by atoms with Crippen LogP contribution in [0.1, 0.15) is 6.92 Å². The quantitative estimate of drug-likeness (QED) is 0.703. The Morgan fingerprint density at radius 1 is 1.11 bits per heavy atom. The zero-order valence-electron chi connectivity index (χ0n) is 15.3. The number of amidine groups is 1. The molecule has 2 heterocycles. The van der Waals surface area contributed by atoms with Crippen molar-refractivity contribution < 1.29 is 9.53 Å². The summed E-state index contributed by atoms with van der Waals surface area (Å²) in [5.41, 5.74) is 1.89. The van der Waals surface area contributed by atoms with E-state index >= 15 is 0 Å². The molecule has 27 heavy (non-hydrogen) atoms. The normalized spacial score (nSPS) is 20.6. The van der Waals surface area contributed by atoms with E-state index in [2.05, 4.69) is 9.89 Å². The maximum atomic E-state index is 13.0. The van der Waals surface area contributed by atoms with Gasteiger partial charge in [-0.25, -0.2) is 4.99 Å². The van der Waals surface area contributed by atoms with Crippen molar-refractivity contribution in [1.82, 2.24) is 4.90 Å². The third-order valence-electron chi connectivity index (χ3n) is 4.39. The standard InChI is InChI=1S/C20H19N3O2S2/c1-4-23-18(24)17(27-20(23)21-13-8-6-5-7-9-13)19-22(2)15-12-14(25-3)10-11-16(15)26-19/h5-12H,4H2,1-3H3/b19-17+,21-20?. The minimum atomic E-state index is 0.00584. The predicted molar refractivity (Wildman–Crippen MR) is 113 cm³/mol. The molecule has 0 radical (unpaired) electrons. The molecule has 0 N–H and O–H groups in total. The fourth-order valence-electron chi connectivity index (χ4n) is 2.96. The van der Waals surface area contributed by atoms with Gasteiger partial charge in [0.05, 0.1) is 23.5 Å². The Hall–Kier alpha value is -2.38. The topological polar surface area (TPSA) is 45.1 Å². The summed E-state index contributed by atoms with van der Waals surface area (Å²) in [5.74, 6) is 0.811. The summed E-state index contributed by atoms with van der Waals surface area (Å²) < 4.78 is 5.34. The van der Waals surface area contributed by atoms with Crippen LogP contribution in [-0.4, -0.2) is 36.7 Å². The van der Waals surface area contributed by atoms with Crippen LogP contribution in [-0.2, 0) is 4.79 Å². The number of carbonyl (C=O) groups is 1. The highest BCUT2D eigenvalue weighted by atomic mass is 32.2. The molecule has 0 aliphatic carbocycles. The molecule has 0 spiro atoms. The van der Waals surface area contributed by atoms with Gasteiger partial charge in [-0.2, -0.15) is 0 Å².